The van der Waals surface area contributed by atoms with Gasteiger partial charge in [0.05, 0.1) is 6.61 Å². The van der Waals surface area contributed by atoms with Gasteiger partial charge in [0.2, 0.25) is 0 Å². The monoisotopic (exact) mass is 197 g/mol. The number of halogens is 1. The molecule has 0 aromatic carbocycles. The summed E-state index contributed by atoms with van der Waals surface area (Å²) < 4.78 is 5.21. The molecule has 3 heteroatoms. The lowest BCUT2D eigenvalue weighted by molar-refractivity contribution is 0.298. The summed E-state index contributed by atoms with van der Waals surface area (Å²) in [6.45, 7) is 8.14. The topological polar surface area (TPSA) is 22.1 Å². The summed E-state index contributed by atoms with van der Waals surface area (Å²) in [4.78, 5) is 4.13. The lowest BCUT2D eigenvalue weighted by Gasteiger charge is -2.06. The molecule has 0 spiro atoms. The van der Waals surface area contributed by atoms with Gasteiger partial charge in [-0.25, -0.2) is 4.98 Å². The van der Waals surface area contributed by atoms with Gasteiger partial charge in [-0.05, 0) is 25.5 Å². The average molecular weight is 198 g/mol. The van der Waals surface area contributed by atoms with Gasteiger partial charge in [-0.15, -0.1) is 0 Å². The summed E-state index contributed by atoms with van der Waals surface area (Å²) in [7, 11) is 0. The first kappa shape index (κ1) is 10.1. The van der Waals surface area contributed by atoms with E-state index in [-0.39, 0.29) is 0 Å². The first-order valence-electron chi connectivity index (χ1n) is 4.10. The van der Waals surface area contributed by atoms with Crippen LogP contribution in [0.15, 0.2) is 18.7 Å². The van der Waals surface area contributed by atoms with Gasteiger partial charge in [-0.3, -0.25) is 0 Å². The van der Waals surface area contributed by atoms with Gasteiger partial charge in [0, 0.05) is 0 Å². The summed E-state index contributed by atoms with van der Waals surface area (Å²) in [6, 6.07) is 3.74. The number of aromatic nitrogens is 1. The minimum atomic E-state index is 0.498. The van der Waals surface area contributed by atoms with Gasteiger partial charge < -0.3 is 4.74 Å². The van der Waals surface area contributed by atoms with Crippen molar-refractivity contribution in [1.29, 1.82) is 0 Å². The number of ether oxygens (including phenoxy) is 1. The van der Waals surface area contributed by atoms with Gasteiger partial charge >= 0.3 is 0 Å². The Balaban J connectivity index is 2.90. The van der Waals surface area contributed by atoms with Crippen LogP contribution in [-0.4, -0.2) is 11.6 Å². The van der Waals surface area contributed by atoms with Crippen LogP contribution in [0.2, 0.25) is 5.15 Å². The zero-order valence-electron chi connectivity index (χ0n) is 7.80. The van der Waals surface area contributed by atoms with E-state index >= 15 is 0 Å². The second-order valence-electron chi connectivity index (χ2n) is 2.66. The van der Waals surface area contributed by atoms with Crippen molar-refractivity contribution in [2.45, 2.75) is 13.8 Å². The van der Waals surface area contributed by atoms with E-state index in [1.807, 2.05) is 26.0 Å². The Morgan fingerprint density at radius 2 is 2.31 bits per heavy atom. The summed E-state index contributed by atoms with van der Waals surface area (Å²) in [5.41, 5.74) is 1.65. The molecule has 1 rings (SSSR count). The molecule has 0 radical (unpaired) electrons. The third kappa shape index (κ3) is 2.46. The van der Waals surface area contributed by atoms with Crippen molar-refractivity contribution >= 4 is 17.4 Å². The molecular formula is C10H12ClNO. The quantitative estimate of drug-likeness (QED) is 0.549. The highest BCUT2D eigenvalue weighted by Crippen LogP contribution is 2.17. The molecule has 70 valence electrons. The standard InChI is InChI=1S/C10H12ClNO/c1-4-13-8(3)9-6-5-7(2)10(11)12-9/h5-6H,3-4H2,1-2H3. The number of hydrogen-bond acceptors (Lipinski definition) is 2. The van der Waals surface area contributed by atoms with Crippen molar-refractivity contribution in [1.82, 2.24) is 4.98 Å². The lowest BCUT2D eigenvalue weighted by atomic mass is 10.2. The van der Waals surface area contributed by atoms with E-state index in [1.165, 1.54) is 0 Å². The summed E-state index contributed by atoms with van der Waals surface area (Å²) >= 11 is 5.85. The highest BCUT2D eigenvalue weighted by molar-refractivity contribution is 6.30. The van der Waals surface area contributed by atoms with Gasteiger partial charge in [-0.1, -0.05) is 24.2 Å². The predicted molar refractivity (Wildman–Crippen MR) is 54.6 cm³/mol. The third-order valence-electron chi connectivity index (χ3n) is 1.64. The summed E-state index contributed by atoms with van der Waals surface area (Å²) in [6.07, 6.45) is 0. The van der Waals surface area contributed by atoms with Crippen molar-refractivity contribution in [3.63, 3.8) is 0 Å². The van der Waals surface area contributed by atoms with Crippen LogP contribution in [0.5, 0.6) is 0 Å². The van der Waals surface area contributed by atoms with Gasteiger partial charge in [-0.2, -0.15) is 0 Å². The highest BCUT2D eigenvalue weighted by Gasteiger charge is 2.03. The Morgan fingerprint density at radius 3 is 2.85 bits per heavy atom. The van der Waals surface area contributed by atoms with E-state index in [2.05, 4.69) is 11.6 Å². The molecule has 0 amide bonds. The highest BCUT2D eigenvalue weighted by atomic mass is 35.5. The van der Waals surface area contributed by atoms with E-state index in [9.17, 15) is 0 Å². The zero-order chi connectivity index (χ0) is 9.84. The summed E-state index contributed by atoms with van der Waals surface area (Å²) in [5.74, 6) is 0.560. The van der Waals surface area contributed by atoms with E-state index < -0.39 is 0 Å². The van der Waals surface area contributed by atoms with E-state index in [1.54, 1.807) is 0 Å². The molecule has 0 N–H and O–H groups in total. The van der Waals surface area contributed by atoms with Crippen LogP contribution in [0.1, 0.15) is 18.2 Å². The Morgan fingerprint density at radius 1 is 1.62 bits per heavy atom. The van der Waals surface area contributed by atoms with Gasteiger partial charge in [0.25, 0.3) is 0 Å². The van der Waals surface area contributed by atoms with Crippen molar-refractivity contribution < 1.29 is 4.74 Å². The number of rotatable bonds is 3. The van der Waals surface area contributed by atoms with Crippen LogP contribution in [0, 0.1) is 6.92 Å². The fourth-order valence-corrected chi connectivity index (χ4v) is 1.06. The summed E-state index contributed by atoms with van der Waals surface area (Å²) in [5, 5.41) is 0.498. The van der Waals surface area contributed by atoms with Crippen molar-refractivity contribution in [2.75, 3.05) is 6.61 Å². The number of hydrogen-bond donors (Lipinski definition) is 0. The minimum absolute atomic E-state index is 0.498. The molecule has 0 atom stereocenters. The smallest absolute Gasteiger partial charge is 0.137 e. The molecule has 13 heavy (non-hydrogen) atoms. The second-order valence-corrected chi connectivity index (χ2v) is 3.02. The predicted octanol–water partition coefficient (Wildman–Crippen LogP) is 3.05. The SMILES string of the molecule is C=C(OCC)c1ccc(C)c(Cl)n1. The maximum atomic E-state index is 5.85. The third-order valence-corrected chi connectivity index (χ3v) is 2.02. The van der Waals surface area contributed by atoms with Gasteiger partial charge in [0.15, 0.2) is 0 Å². The molecule has 1 aromatic heterocycles. The maximum absolute atomic E-state index is 5.85. The zero-order valence-corrected chi connectivity index (χ0v) is 8.56. The Hall–Kier alpha value is -1.02. The van der Waals surface area contributed by atoms with Gasteiger partial charge in [0.1, 0.15) is 16.6 Å². The molecule has 1 aromatic rings. The van der Waals surface area contributed by atoms with E-state index in [4.69, 9.17) is 16.3 Å². The number of aryl methyl sites for hydroxylation is 1. The normalized spacial score (nSPS) is 9.77. The van der Waals surface area contributed by atoms with Crippen LogP contribution in [0.25, 0.3) is 5.76 Å². The van der Waals surface area contributed by atoms with Crippen molar-refractivity contribution in [3.05, 3.63) is 35.1 Å². The molecule has 0 bridgehead atoms. The van der Waals surface area contributed by atoms with Crippen LogP contribution < -0.4 is 0 Å². The maximum Gasteiger partial charge on any atom is 0.137 e. The van der Waals surface area contributed by atoms with Crippen LogP contribution in [0.4, 0.5) is 0 Å². The van der Waals surface area contributed by atoms with E-state index in [0.717, 1.165) is 5.56 Å². The molecule has 1 heterocycles. The Labute approximate surface area is 83.2 Å². The average Bonchev–Trinajstić information content (AvgIpc) is 2.10. The molecule has 0 aliphatic rings. The minimum Gasteiger partial charge on any atom is -0.492 e. The molecular weight excluding hydrogens is 186 g/mol. The largest absolute Gasteiger partial charge is 0.492 e. The lowest BCUT2D eigenvalue weighted by Crippen LogP contribution is -1.94. The second kappa shape index (κ2) is 4.28. The first-order chi connectivity index (χ1) is 6.15. The number of pyridine rings is 1. The van der Waals surface area contributed by atoms with Crippen LogP contribution >= 0.6 is 11.6 Å². The number of nitrogens with zero attached hydrogens (tertiary/aromatic N) is 1. The Bertz CT molecular complexity index is 323. The van der Waals surface area contributed by atoms with Crippen LogP contribution in [0.3, 0.4) is 0 Å². The molecule has 0 aliphatic carbocycles. The first-order valence-corrected chi connectivity index (χ1v) is 4.48. The van der Waals surface area contributed by atoms with Crippen LogP contribution in [-0.2, 0) is 4.74 Å². The molecule has 0 saturated heterocycles. The van der Waals surface area contributed by atoms with E-state index in [0.29, 0.717) is 23.2 Å². The van der Waals surface area contributed by atoms with Crippen molar-refractivity contribution in [3.8, 4) is 0 Å². The fraction of sp³-hybridized carbons (Fsp3) is 0.300. The molecule has 0 fully saturated rings. The molecule has 2 nitrogen and oxygen atoms in total. The molecule has 0 unspecified atom stereocenters. The molecule has 0 saturated carbocycles. The fourth-order valence-electron chi connectivity index (χ4n) is 0.907. The Kier molecular flexibility index (Phi) is 3.32. The molecule has 0 aliphatic heterocycles. The van der Waals surface area contributed by atoms with Crippen molar-refractivity contribution in [2.24, 2.45) is 0 Å².